The smallest absolute Gasteiger partial charge is 0.328 e. The fraction of sp³-hybridized carbons (Fsp3) is 0.125. The number of ether oxygens (including phenoxy) is 4. The number of carboxylic acids is 1. The number of aromatic nitrogens is 1. The van der Waals surface area contributed by atoms with Gasteiger partial charge in [-0.25, -0.2) is 9.78 Å². The minimum absolute atomic E-state index is 0.293. The van der Waals surface area contributed by atoms with Crippen LogP contribution in [-0.2, 0) is 11.4 Å². The Labute approximate surface area is 184 Å². The van der Waals surface area contributed by atoms with Crippen molar-refractivity contribution in [3.63, 3.8) is 0 Å². The van der Waals surface area contributed by atoms with Gasteiger partial charge < -0.3 is 24.1 Å². The van der Waals surface area contributed by atoms with Gasteiger partial charge in [0.1, 0.15) is 12.4 Å². The SMILES string of the molecule is COc1cc(/C=C/C(=O)O)cc(OC)c1Oc1ccc(OCc2ccc(C#N)cc2)cn1. The number of hydrogen-bond donors (Lipinski definition) is 1. The molecular formula is C24H20N2O6. The summed E-state index contributed by atoms with van der Waals surface area (Å²) in [6, 6.07) is 15.8. The molecule has 162 valence electrons. The van der Waals surface area contributed by atoms with Crippen molar-refractivity contribution in [1.82, 2.24) is 4.98 Å². The van der Waals surface area contributed by atoms with Gasteiger partial charge in [0.2, 0.25) is 11.6 Å². The molecule has 0 spiro atoms. The molecule has 0 saturated heterocycles. The highest BCUT2D eigenvalue weighted by Crippen LogP contribution is 2.41. The fourth-order valence-corrected chi connectivity index (χ4v) is 2.72. The molecule has 0 fully saturated rings. The third kappa shape index (κ3) is 5.77. The van der Waals surface area contributed by atoms with Crippen molar-refractivity contribution >= 4 is 12.0 Å². The average Bonchev–Trinajstić information content (AvgIpc) is 2.82. The molecule has 0 aliphatic carbocycles. The van der Waals surface area contributed by atoms with E-state index in [9.17, 15) is 4.79 Å². The fourth-order valence-electron chi connectivity index (χ4n) is 2.72. The first-order valence-electron chi connectivity index (χ1n) is 9.45. The van der Waals surface area contributed by atoms with Gasteiger partial charge in [0, 0.05) is 12.1 Å². The molecule has 0 bridgehead atoms. The molecule has 0 saturated carbocycles. The van der Waals surface area contributed by atoms with E-state index in [4.69, 9.17) is 29.3 Å². The van der Waals surface area contributed by atoms with Gasteiger partial charge in [0.15, 0.2) is 11.5 Å². The zero-order chi connectivity index (χ0) is 22.9. The molecule has 0 unspecified atom stereocenters. The summed E-state index contributed by atoms with van der Waals surface area (Å²) in [5, 5.41) is 17.7. The lowest BCUT2D eigenvalue weighted by Crippen LogP contribution is -1.98. The molecule has 1 aromatic heterocycles. The number of methoxy groups -OCH3 is 2. The van der Waals surface area contributed by atoms with Crippen LogP contribution in [0.25, 0.3) is 6.08 Å². The zero-order valence-electron chi connectivity index (χ0n) is 17.4. The maximum atomic E-state index is 10.8. The number of hydrogen-bond acceptors (Lipinski definition) is 7. The monoisotopic (exact) mass is 432 g/mol. The quantitative estimate of drug-likeness (QED) is 0.494. The molecule has 3 aromatic rings. The topological polar surface area (TPSA) is 111 Å². The molecule has 8 nitrogen and oxygen atoms in total. The second-order valence-electron chi connectivity index (χ2n) is 6.46. The number of carboxylic acid groups (broad SMARTS) is 1. The summed E-state index contributed by atoms with van der Waals surface area (Å²) in [6.45, 7) is 0.334. The van der Waals surface area contributed by atoms with Crippen molar-refractivity contribution in [1.29, 1.82) is 5.26 Å². The van der Waals surface area contributed by atoms with E-state index in [1.165, 1.54) is 26.5 Å². The molecule has 3 rings (SSSR count). The van der Waals surface area contributed by atoms with Crippen molar-refractivity contribution in [2.75, 3.05) is 14.2 Å². The highest BCUT2D eigenvalue weighted by molar-refractivity contribution is 5.85. The summed E-state index contributed by atoms with van der Waals surface area (Å²) in [4.78, 5) is 15.0. The number of nitriles is 1. The Morgan fingerprint density at radius 1 is 1.09 bits per heavy atom. The summed E-state index contributed by atoms with van der Waals surface area (Å²) in [7, 11) is 2.94. The van der Waals surface area contributed by atoms with Gasteiger partial charge >= 0.3 is 5.97 Å². The number of rotatable bonds is 9. The van der Waals surface area contributed by atoms with E-state index in [1.807, 2.05) is 12.1 Å². The molecule has 2 aromatic carbocycles. The molecule has 0 aliphatic rings. The van der Waals surface area contributed by atoms with Gasteiger partial charge in [0.05, 0.1) is 32.0 Å². The largest absolute Gasteiger partial charge is 0.493 e. The van der Waals surface area contributed by atoms with Crippen LogP contribution in [0.5, 0.6) is 28.9 Å². The van der Waals surface area contributed by atoms with Gasteiger partial charge in [0.25, 0.3) is 0 Å². The van der Waals surface area contributed by atoms with Crippen molar-refractivity contribution in [2.45, 2.75) is 6.61 Å². The van der Waals surface area contributed by atoms with Crippen molar-refractivity contribution in [3.05, 3.63) is 77.5 Å². The molecule has 0 atom stereocenters. The van der Waals surface area contributed by atoms with Crippen molar-refractivity contribution in [2.24, 2.45) is 0 Å². The molecule has 1 heterocycles. The first-order chi connectivity index (χ1) is 15.5. The summed E-state index contributed by atoms with van der Waals surface area (Å²) in [5.74, 6) is 0.806. The van der Waals surface area contributed by atoms with Gasteiger partial charge in [-0.05, 0) is 47.5 Å². The van der Waals surface area contributed by atoms with Gasteiger partial charge in [-0.2, -0.15) is 5.26 Å². The summed E-state index contributed by atoms with van der Waals surface area (Å²) < 4.78 is 22.3. The van der Waals surface area contributed by atoms with Crippen LogP contribution in [0, 0.1) is 11.3 Å². The molecule has 0 amide bonds. The third-order valence-corrected chi connectivity index (χ3v) is 4.31. The lowest BCUT2D eigenvalue weighted by Gasteiger charge is -2.15. The van der Waals surface area contributed by atoms with Crippen LogP contribution >= 0.6 is 0 Å². The Bertz CT molecular complexity index is 1120. The standard InChI is InChI=1S/C24H20N2O6/c1-29-20-11-18(7-10-23(27)28)12-21(30-2)24(20)32-22-9-8-19(14-26-22)31-15-17-5-3-16(13-25)4-6-17/h3-12,14H,15H2,1-2H3,(H,27,28)/b10-7+. The Kier molecular flexibility index (Phi) is 7.28. The predicted molar refractivity (Wildman–Crippen MR) is 116 cm³/mol. The Morgan fingerprint density at radius 3 is 2.31 bits per heavy atom. The lowest BCUT2D eigenvalue weighted by molar-refractivity contribution is -0.131. The van der Waals surface area contributed by atoms with Crippen molar-refractivity contribution in [3.8, 4) is 34.9 Å². The second kappa shape index (κ2) is 10.5. The van der Waals surface area contributed by atoms with E-state index in [0.717, 1.165) is 11.6 Å². The van der Waals surface area contributed by atoms with Crippen LogP contribution in [0.15, 0.2) is 60.8 Å². The molecule has 0 radical (unpaired) electrons. The van der Waals surface area contributed by atoms with Crippen molar-refractivity contribution < 1.29 is 28.8 Å². The van der Waals surface area contributed by atoms with Crippen LogP contribution < -0.4 is 18.9 Å². The first kappa shape index (κ1) is 22.2. The summed E-state index contributed by atoms with van der Waals surface area (Å²) in [6.07, 6.45) is 3.98. The maximum absolute atomic E-state index is 10.8. The molecule has 1 N–H and O–H groups in total. The maximum Gasteiger partial charge on any atom is 0.328 e. The lowest BCUT2D eigenvalue weighted by atomic mass is 10.1. The van der Waals surface area contributed by atoms with E-state index in [1.54, 1.807) is 36.4 Å². The van der Waals surface area contributed by atoms with E-state index in [2.05, 4.69) is 11.1 Å². The first-order valence-corrected chi connectivity index (χ1v) is 9.45. The minimum Gasteiger partial charge on any atom is -0.493 e. The molecule has 0 aliphatic heterocycles. The van der Waals surface area contributed by atoms with E-state index in [0.29, 0.717) is 46.6 Å². The number of nitrogens with zero attached hydrogens (tertiary/aromatic N) is 2. The van der Waals surface area contributed by atoms with E-state index < -0.39 is 5.97 Å². The van der Waals surface area contributed by atoms with E-state index in [-0.39, 0.29) is 0 Å². The van der Waals surface area contributed by atoms with Gasteiger partial charge in [-0.15, -0.1) is 0 Å². The van der Waals surface area contributed by atoms with Gasteiger partial charge in [-0.3, -0.25) is 0 Å². The Morgan fingerprint density at radius 2 is 1.78 bits per heavy atom. The van der Waals surface area contributed by atoms with Crippen LogP contribution in [-0.4, -0.2) is 30.3 Å². The highest BCUT2D eigenvalue weighted by atomic mass is 16.5. The van der Waals surface area contributed by atoms with Crippen LogP contribution in [0.1, 0.15) is 16.7 Å². The summed E-state index contributed by atoms with van der Waals surface area (Å²) in [5.41, 5.74) is 2.09. The zero-order valence-corrected chi connectivity index (χ0v) is 17.4. The van der Waals surface area contributed by atoms with Crippen LogP contribution in [0.4, 0.5) is 0 Å². The Balaban J connectivity index is 1.72. The predicted octanol–water partition coefficient (Wildman–Crippen LogP) is 4.44. The number of aliphatic carboxylic acids is 1. The highest BCUT2D eigenvalue weighted by Gasteiger charge is 2.15. The number of carbonyl (C=O) groups is 1. The van der Waals surface area contributed by atoms with Crippen LogP contribution in [0.2, 0.25) is 0 Å². The molecular weight excluding hydrogens is 412 g/mol. The number of benzene rings is 2. The summed E-state index contributed by atoms with van der Waals surface area (Å²) >= 11 is 0. The van der Waals surface area contributed by atoms with Crippen LogP contribution in [0.3, 0.4) is 0 Å². The average molecular weight is 432 g/mol. The normalized spacial score (nSPS) is 10.4. The van der Waals surface area contributed by atoms with Gasteiger partial charge in [-0.1, -0.05) is 12.1 Å². The third-order valence-electron chi connectivity index (χ3n) is 4.31. The second-order valence-corrected chi connectivity index (χ2v) is 6.46. The molecule has 32 heavy (non-hydrogen) atoms. The van der Waals surface area contributed by atoms with E-state index >= 15 is 0 Å². The Hall–Kier alpha value is -4.51. The molecule has 8 heteroatoms. The number of pyridine rings is 1. The minimum atomic E-state index is -1.06.